The van der Waals surface area contributed by atoms with E-state index in [1.54, 1.807) is 12.1 Å². The predicted molar refractivity (Wildman–Crippen MR) is 138 cm³/mol. The molecule has 13 heteroatoms. The highest BCUT2D eigenvalue weighted by molar-refractivity contribution is 7.19. The Labute approximate surface area is 223 Å². The average Bonchev–Trinajstić information content (AvgIpc) is 3.59. The number of rotatable bonds is 9. The van der Waals surface area contributed by atoms with Gasteiger partial charge in [0, 0.05) is 44.4 Å². The molecule has 37 heavy (non-hydrogen) atoms. The SMILES string of the molecule is CC(C)N1CCC(NC(=O)c2cc(C(=O)N(C)CC(=O)O)n(Cc3cc(-c4ccc(Cl)s4)on3)n2)CC1. The van der Waals surface area contributed by atoms with Crippen molar-refractivity contribution in [2.24, 2.45) is 0 Å². The zero-order valence-corrected chi connectivity index (χ0v) is 22.4. The van der Waals surface area contributed by atoms with Gasteiger partial charge in [-0.05, 0) is 38.8 Å². The molecule has 0 spiro atoms. The number of amides is 2. The van der Waals surface area contributed by atoms with Crippen molar-refractivity contribution in [3.05, 3.63) is 45.7 Å². The smallest absolute Gasteiger partial charge is 0.323 e. The molecule has 11 nitrogen and oxygen atoms in total. The summed E-state index contributed by atoms with van der Waals surface area (Å²) in [5.41, 5.74) is 0.630. The number of likely N-dealkylation sites (tertiary alicyclic amines) is 1. The van der Waals surface area contributed by atoms with E-state index in [4.69, 9.17) is 21.2 Å². The number of hydrogen-bond acceptors (Lipinski definition) is 8. The van der Waals surface area contributed by atoms with Gasteiger partial charge in [-0.3, -0.25) is 19.1 Å². The second-order valence-corrected chi connectivity index (χ2v) is 11.0. The van der Waals surface area contributed by atoms with Crippen LogP contribution < -0.4 is 5.32 Å². The number of carboxylic acid groups (broad SMARTS) is 1. The van der Waals surface area contributed by atoms with Gasteiger partial charge in [0.2, 0.25) is 0 Å². The molecule has 3 aromatic heterocycles. The lowest BCUT2D eigenvalue weighted by atomic mass is 10.0. The summed E-state index contributed by atoms with van der Waals surface area (Å²) in [6.07, 6.45) is 1.65. The summed E-state index contributed by atoms with van der Waals surface area (Å²) >= 11 is 7.35. The highest BCUT2D eigenvalue weighted by Crippen LogP contribution is 2.31. The number of halogens is 1. The summed E-state index contributed by atoms with van der Waals surface area (Å²) in [5.74, 6) is -1.59. The molecule has 4 rings (SSSR count). The van der Waals surface area contributed by atoms with E-state index in [1.807, 2.05) is 6.07 Å². The molecule has 0 aliphatic carbocycles. The molecule has 1 fully saturated rings. The van der Waals surface area contributed by atoms with Crippen LogP contribution in [0.4, 0.5) is 0 Å². The van der Waals surface area contributed by atoms with Crippen molar-refractivity contribution in [2.45, 2.75) is 45.3 Å². The molecule has 0 bridgehead atoms. The lowest BCUT2D eigenvalue weighted by molar-refractivity contribution is -0.137. The molecule has 1 aliphatic heterocycles. The first kappa shape index (κ1) is 26.8. The summed E-state index contributed by atoms with van der Waals surface area (Å²) < 4.78 is 7.38. The maximum atomic E-state index is 13.1. The number of aliphatic carboxylic acids is 1. The fourth-order valence-electron chi connectivity index (χ4n) is 4.21. The first-order valence-corrected chi connectivity index (χ1v) is 13.1. The third-order valence-electron chi connectivity index (χ3n) is 6.23. The van der Waals surface area contributed by atoms with Gasteiger partial charge in [-0.2, -0.15) is 5.10 Å². The predicted octanol–water partition coefficient (Wildman–Crippen LogP) is 3.06. The number of nitrogens with one attached hydrogen (secondary N) is 1. The van der Waals surface area contributed by atoms with E-state index in [1.165, 1.54) is 29.1 Å². The van der Waals surface area contributed by atoms with Crippen LogP contribution >= 0.6 is 22.9 Å². The zero-order valence-electron chi connectivity index (χ0n) is 20.8. The van der Waals surface area contributed by atoms with Gasteiger partial charge < -0.3 is 24.7 Å². The molecule has 0 atom stereocenters. The van der Waals surface area contributed by atoms with Crippen molar-refractivity contribution in [1.82, 2.24) is 30.1 Å². The van der Waals surface area contributed by atoms with Gasteiger partial charge >= 0.3 is 5.97 Å². The fraction of sp³-hybridized carbons (Fsp3) is 0.458. The first-order valence-electron chi connectivity index (χ1n) is 11.9. The zero-order chi connectivity index (χ0) is 26.7. The second-order valence-electron chi connectivity index (χ2n) is 9.29. The van der Waals surface area contributed by atoms with Gasteiger partial charge in [-0.25, -0.2) is 0 Å². The lowest BCUT2D eigenvalue weighted by Gasteiger charge is -2.34. The van der Waals surface area contributed by atoms with Crippen LogP contribution in [0.2, 0.25) is 4.34 Å². The number of hydrogen-bond donors (Lipinski definition) is 2. The minimum atomic E-state index is -1.15. The fourth-order valence-corrected chi connectivity index (χ4v) is 5.20. The topological polar surface area (TPSA) is 134 Å². The number of carboxylic acids is 1. The van der Waals surface area contributed by atoms with Crippen LogP contribution in [0.25, 0.3) is 10.6 Å². The van der Waals surface area contributed by atoms with Crippen LogP contribution in [-0.4, -0.2) is 86.4 Å². The molecular weight excluding hydrogens is 520 g/mol. The summed E-state index contributed by atoms with van der Waals surface area (Å²) in [7, 11) is 1.38. The van der Waals surface area contributed by atoms with Crippen molar-refractivity contribution < 1.29 is 24.0 Å². The van der Waals surface area contributed by atoms with E-state index in [2.05, 4.69) is 34.3 Å². The van der Waals surface area contributed by atoms with Crippen LogP contribution in [-0.2, 0) is 11.3 Å². The minimum absolute atomic E-state index is 0.0113. The van der Waals surface area contributed by atoms with E-state index < -0.39 is 18.4 Å². The van der Waals surface area contributed by atoms with Crippen LogP contribution in [0.15, 0.2) is 28.8 Å². The summed E-state index contributed by atoms with van der Waals surface area (Å²) in [6, 6.07) is 7.13. The van der Waals surface area contributed by atoms with Gasteiger partial charge in [-0.1, -0.05) is 16.8 Å². The molecular formula is C24H29ClN6O5S. The third-order valence-corrected chi connectivity index (χ3v) is 7.48. The van der Waals surface area contributed by atoms with Gasteiger partial charge in [0.15, 0.2) is 11.5 Å². The standard InChI is InChI=1S/C24H29ClN6O5S/c1-14(2)30-8-6-15(7-9-30)26-23(34)17-11-18(24(35)29(3)13-22(32)33)31(27-17)12-16-10-19(36-28-16)20-4-5-21(25)37-20/h4-5,10-11,14-15H,6-9,12-13H2,1-3H3,(H,26,34)(H,32,33). The highest BCUT2D eigenvalue weighted by Gasteiger charge is 2.27. The molecule has 0 unspecified atom stereocenters. The first-order chi connectivity index (χ1) is 17.6. The van der Waals surface area contributed by atoms with Gasteiger partial charge in [0.1, 0.15) is 17.9 Å². The van der Waals surface area contributed by atoms with Crippen LogP contribution in [0, 0.1) is 0 Å². The van der Waals surface area contributed by atoms with Crippen molar-refractivity contribution >= 4 is 40.7 Å². The van der Waals surface area contributed by atoms with Gasteiger partial charge in [-0.15, -0.1) is 11.3 Å². The molecule has 0 saturated carbocycles. The number of aromatic nitrogens is 3. The molecule has 1 saturated heterocycles. The van der Waals surface area contributed by atoms with E-state index in [0.717, 1.165) is 35.7 Å². The molecule has 0 radical (unpaired) electrons. The van der Waals surface area contributed by atoms with Gasteiger partial charge in [0.25, 0.3) is 11.8 Å². The van der Waals surface area contributed by atoms with E-state index >= 15 is 0 Å². The van der Waals surface area contributed by atoms with Crippen LogP contribution in [0.1, 0.15) is 53.4 Å². The van der Waals surface area contributed by atoms with Crippen molar-refractivity contribution in [3.8, 4) is 10.6 Å². The Hall–Kier alpha value is -3.22. The monoisotopic (exact) mass is 548 g/mol. The number of carbonyl (C=O) groups excluding carboxylic acids is 2. The quantitative estimate of drug-likeness (QED) is 0.417. The molecule has 2 amide bonds. The number of piperidine rings is 1. The molecule has 1 aliphatic rings. The van der Waals surface area contributed by atoms with Crippen molar-refractivity contribution in [3.63, 3.8) is 0 Å². The number of thiophene rings is 1. The number of carbonyl (C=O) groups is 3. The van der Waals surface area contributed by atoms with Crippen LogP contribution in [0.5, 0.6) is 0 Å². The molecule has 0 aromatic carbocycles. The minimum Gasteiger partial charge on any atom is -0.480 e. The highest BCUT2D eigenvalue weighted by atomic mass is 35.5. The Balaban J connectivity index is 1.54. The Bertz CT molecular complexity index is 1280. The van der Waals surface area contributed by atoms with Crippen molar-refractivity contribution in [1.29, 1.82) is 0 Å². The largest absolute Gasteiger partial charge is 0.480 e. The Kier molecular flexibility index (Phi) is 8.30. The summed E-state index contributed by atoms with van der Waals surface area (Å²) in [4.78, 5) is 41.5. The lowest BCUT2D eigenvalue weighted by Crippen LogP contribution is -2.46. The summed E-state index contributed by atoms with van der Waals surface area (Å²) in [6.45, 7) is 5.64. The molecule has 4 heterocycles. The Morgan fingerprint density at radius 1 is 1.27 bits per heavy atom. The second kappa shape index (κ2) is 11.4. The molecule has 3 aromatic rings. The average molecular weight is 549 g/mol. The third kappa shape index (κ3) is 6.56. The normalized spacial score (nSPS) is 14.7. The maximum Gasteiger partial charge on any atom is 0.323 e. The maximum absolute atomic E-state index is 13.1. The van der Waals surface area contributed by atoms with E-state index in [-0.39, 0.29) is 29.9 Å². The van der Waals surface area contributed by atoms with Gasteiger partial charge in [0.05, 0.1) is 15.8 Å². The van der Waals surface area contributed by atoms with Crippen LogP contribution in [0.3, 0.4) is 0 Å². The molecule has 2 N–H and O–H groups in total. The summed E-state index contributed by atoms with van der Waals surface area (Å²) in [5, 5.41) is 20.6. The molecule has 198 valence electrons. The Morgan fingerprint density at radius 3 is 2.62 bits per heavy atom. The number of nitrogens with zero attached hydrogens (tertiary/aromatic N) is 5. The Morgan fingerprint density at radius 2 is 2.00 bits per heavy atom. The van der Waals surface area contributed by atoms with E-state index in [9.17, 15) is 14.4 Å². The number of likely N-dealkylation sites (N-methyl/N-ethyl adjacent to an activating group) is 1. The van der Waals surface area contributed by atoms with E-state index in [0.29, 0.717) is 21.8 Å². The van der Waals surface area contributed by atoms with Crippen molar-refractivity contribution in [2.75, 3.05) is 26.7 Å².